The Kier molecular flexibility index (Phi) is 3.50. The van der Waals surface area contributed by atoms with Crippen molar-refractivity contribution in [3.8, 4) is 0 Å². The molecule has 1 saturated carbocycles. The Bertz CT molecular complexity index is 245. The molecule has 1 aliphatic heterocycles. The van der Waals surface area contributed by atoms with E-state index in [1.165, 1.54) is 0 Å². The predicted molar refractivity (Wildman–Crippen MR) is 35.6 cm³/mol. The molecule has 0 radical (unpaired) electrons. The molecule has 14 heavy (non-hydrogen) atoms. The largest absolute Gasteiger partial charge is 1.00 e. The molecule has 0 aromatic carbocycles. The van der Waals surface area contributed by atoms with E-state index in [-0.39, 0.29) is 64.4 Å². The fourth-order valence-electron chi connectivity index (χ4n) is 2.17. The molecule has 1 heterocycles. The first-order valence-electron chi connectivity index (χ1n) is 3.99. The third-order valence-corrected chi connectivity index (χ3v) is 3.07. The van der Waals surface area contributed by atoms with E-state index in [1.807, 2.05) is 0 Å². The van der Waals surface area contributed by atoms with Crippen LogP contribution in [0.15, 0.2) is 0 Å². The number of hydrogen-bond donors (Lipinski definition) is 0. The van der Waals surface area contributed by atoms with Crippen LogP contribution in [0.25, 0.3) is 0 Å². The molecule has 0 N–H and O–H groups in total. The van der Waals surface area contributed by atoms with Gasteiger partial charge in [-0.3, -0.25) is 0 Å². The Hall–Kier alpha value is 1.31. The number of fused-ring (bicyclic) bond motifs is 1. The molecular weight excluding hydrogens is 233 g/mol. The van der Waals surface area contributed by atoms with Crippen LogP contribution in [0.4, 0.5) is 21.7 Å². The first-order valence-corrected chi connectivity index (χ1v) is 3.99. The van der Waals surface area contributed by atoms with E-state index in [1.54, 1.807) is 0 Å². The Morgan fingerprint density at radius 1 is 1.21 bits per heavy atom. The summed E-state index contributed by atoms with van der Waals surface area (Å²) in [6.45, 7) is -6.37. The van der Waals surface area contributed by atoms with Crippen molar-refractivity contribution >= 4 is 6.98 Å². The third kappa shape index (κ3) is 1.45. The van der Waals surface area contributed by atoms with Crippen LogP contribution in [0.2, 0.25) is 5.31 Å². The van der Waals surface area contributed by atoms with Crippen LogP contribution in [0, 0.1) is 5.92 Å². The molecule has 1 saturated heterocycles. The van der Waals surface area contributed by atoms with Crippen LogP contribution >= 0.6 is 0 Å². The second kappa shape index (κ2) is 3.66. The summed E-state index contributed by atoms with van der Waals surface area (Å²) in [6, 6.07) is 0. The molecule has 2 unspecified atom stereocenters. The molecule has 1 nitrogen and oxygen atoms in total. The quantitative estimate of drug-likeness (QED) is 0.433. The molecule has 8 heteroatoms. The second-order valence-electron chi connectivity index (χ2n) is 3.63. The van der Waals surface area contributed by atoms with Crippen LogP contribution in [0.1, 0.15) is 6.42 Å². The van der Waals surface area contributed by atoms with Gasteiger partial charge in [-0.2, -0.15) is 0 Å². The van der Waals surface area contributed by atoms with E-state index in [9.17, 15) is 21.7 Å². The van der Waals surface area contributed by atoms with Crippen molar-refractivity contribution in [2.75, 3.05) is 13.2 Å². The van der Waals surface area contributed by atoms with Gasteiger partial charge in [0.25, 0.3) is 0 Å². The van der Waals surface area contributed by atoms with Crippen molar-refractivity contribution in [2.45, 2.75) is 17.7 Å². The van der Waals surface area contributed by atoms with Gasteiger partial charge in [0.2, 0.25) is 5.92 Å². The molecule has 2 atom stereocenters. The number of alkyl halides is 2. The van der Waals surface area contributed by atoms with Crippen molar-refractivity contribution in [3.63, 3.8) is 0 Å². The topological polar surface area (TPSA) is 9.23 Å². The Morgan fingerprint density at radius 2 is 1.79 bits per heavy atom. The van der Waals surface area contributed by atoms with Crippen molar-refractivity contribution in [2.24, 2.45) is 5.92 Å². The monoisotopic (exact) mass is 240 g/mol. The molecule has 1 aliphatic carbocycles. The molecule has 0 amide bonds. The zero-order valence-corrected chi connectivity index (χ0v) is 10.7. The standard InChI is InChI=1S/C6H7BF5O.K/c8-6(9)4-1-2-13-3-5(4,6)7(10,11)12;/h4H,1-3H2;/q-1;+1. The van der Waals surface area contributed by atoms with E-state index in [0.717, 1.165) is 0 Å². The first kappa shape index (κ1) is 13.4. The van der Waals surface area contributed by atoms with Gasteiger partial charge >= 0.3 is 58.4 Å². The molecule has 0 spiro atoms. The Balaban J connectivity index is 0.000000980. The van der Waals surface area contributed by atoms with Crippen LogP contribution in [0.3, 0.4) is 0 Å². The van der Waals surface area contributed by atoms with Gasteiger partial charge in [0.15, 0.2) is 0 Å². The van der Waals surface area contributed by atoms with Crippen LogP contribution in [-0.2, 0) is 4.74 Å². The SMILES string of the molecule is F[B-](F)(F)C12COCCC1C2(F)F.[K+]. The zero-order valence-electron chi connectivity index (χ0n) is 7.57. The normalized spacial score (nSPS) is 39.6. The molecule has 0 aromatic heterocycles. The summed E-state index contributed by atoms with van der Waals surface area (Å²) in [5.74, 6) is -5.13. The number of ether oxygens (including phenoxy) is 1. The maximum Gasteiger partial charge on any atom is 1.00 e. The minimum Gasteiger partial charge on any atom is -0.448 e. The zero-order chi connectivity index (χ0) is 9.91. The molecule has 2 fully saturated rings. The molecule has 0 bridgehead atoms. The summed E-state index contributed by atoms with van der Waals surface area (Å²) < 4.78 is 67.3. The van der Waals surface area contributed by atoms with Gasteiger partial charge in [0, 0.05) is 24.4 Å². The van der Waals surface area contributed by atoms with Gasteiger partial charge < -0.3 is 17.7 Å². The minimum absolute atomic E-state index is 0. The van der Waals surface area contributed by atoms with Gasteiger partial charge in [-0.1, -0.05) is 0 Å². The van der Waals surface area contributed by atoms with E-state index < -0.39 is 30.7 Å². The molecule has 76 valence electrons. The predicted octanol–water partition coefficient (Wildman–Crippen LogP) is -0.736. The summed E-state index contributed by atoms with van der Waals surface area (Å²) in [4.78, 5) is 0. The summed E-state index contributed by atoms with van der Waals surface area (Å²) in [6.07, 6.45) is -0.186. The van der Waals surface area contributed by atoms with Crippen molar-refractivity contribution < 1.29 is 77.8 Å². The fourth-order valence-corrected chi connectivity index (χ4v) is 2.17. The van der Waals surface area contributed by atoms with Crippen LogP contribution in [-0.4, -0.2) is 26.1 Å². The summed E-state index contributed by atoms with van der Waals surface area (Å²) in [5.41, 5.74) is 0. The molecule has 2 aliphatic rings. The van der Waals surface area contributed by atoms with Crippen molar-refractivity contribution in [3.05, 3.63) is 0 Å². The van der Waals surface area contributed by atoms with Gasteiger partial charge in [-0.05, 0) is 6.42 Å². The Morgan fingerprint density at radius 3 is 2.14 bits per heavy atom. The van der Waals surface area contributed by atoms with Gasteiger partial charge in [-0.25, -0.2) is 8.78 Å². The van der Waals surface area contributed by atoms with E-state index >= 15 is 0 Å². The van der Waals surface area contributed by atoms with E-state index in [0.29, 0.717) is 0 Å². The fraction of sp³-hybridized carbons (Fsp3) is 1.00. The average Bonchev–Trinajstić information content (AvgIpc) is 2.51. The summed E-state index contributed by atoms with van der Waals surface area (Å²) in [7, 11) is 0. The number of hydrogen-bond acceptors (Lipinski definition) is 1. The average molecular weight is 240 g/mol. The summed E-state index contributed by atoms with van der Waals surface area (Å²) >= 11 is 0. The number of halogens is 5. The second-order valence-corrected chi connectivity index (χ2v) is 3.63. The van der Waals surface area contributed by atoms with E-state index in [2.05, 4.69) is 4.74 Å². The summed E-state index contributed by atoms with van der Waals surface area (Å²) in [5, 5.41) is -2.81. The van der Waals surface area contributed by atoms with Crippen molar-refractivity contribution in [1.29, 1.82) is 0 Å². The molecular formula is C6H7BF5KO. The third-order valence-electron chi connectivity index (χ3n) is 3.07. The van der Waals surface area contributed by atoms with Crippen molar-refractivity contribution in [1.82, 2.24) is 0 Å². The molecule has 0 aromatic rings. The van der Waals surface area contributed by atoms with Gasteiger partial charge in [0.05, 0.1) is 0 Å². The maximum atomic E-state index is 12.9. The van der Waals surface area contributed by atoms with Crippen LogP contribution in [0.5, 0.6) is 0 Å². The van der Waals surface area contributed by atoms with Gasteiger partial charge in [-0.15, -0.1) is 0 Å². The van der Waals surface area contributed by atoms with Gasteiger partial charge in [0.1, 0.15) is 0 Å². The molecule has 2 rings (SSSR count). The minimum atomic E-state index is -5.52. The Labute approximate surface area is 120 Å². The first-order chi connectivity index (χ1) is 5.84. The smallest absolute Gasteiger partial charge is 0.448 e. The van der Waals surface area contributed by atoms with Crippen LogP contribution < -0.4 is 51.4 Å². The number of rotatable bonds is 1. The maximum absolute atomic E-state index is 12.9. The van der Waals surface area contributed by atoms with E-state index in [4.69, 9.17) is 0 Å².